The second-order valence-electron chi connectivity index (χ2n) is 17.8. The predicted octanol–water partition coefficient (Wildman–Crippen LogP) is 4.73. The zero-order chi connectivity index (χ0) is 40.1. The number of pyridine rings is 1. The lowest BCUT2D eigenvalue weighted by Crippen LogP contribution is -2.59. The van der Waals surface area contributed by atoms with E-state index in [1.165, 1.54) is 4.90 Å². The Balaban J connectivity index is 1.14. The number of carbonyl (C=O) groups excluding carboxylic acids is 4. The van der Waals surface area contributed by atoms with Crippen LogP contribution in [0.3, 0.4) is 0 Å². The first-order valence-corrected chi connectivity index (χ1v) is 22.8. The molecular weight excluding hydrogens is 751 g/mol. The number of rotatable bonds is 7. The second-order valence-corrected chi connectivity index (χ2v) is 19.8. The number of hydrogen-bond donors (Lipinski definition) is 4. The summed E-state index contributed by atoms with van der Waals surface area (Å²) >= 11 is 0. The molecule has 4 N–H and O–H groups in total. The highest BCUT2D eigenvalue weighted by atomic mass is 32.2. The molecular formula is C42H57N5O9S. The van der Waals surface area contributed by atoms with Crippen LogP contribution < -0.4 is 25.5 Å². The van der Waals surface area contributed by atoms with E-state index in [-0.39, 0.29) is 42.6 Å². The number of aromatic amines is 1. The van der Waals surface area contributed by atoms with Gasteiger partial charge in [-0.2, -0.15) is 0 Å². The van der Waals surface area contributed by atoms with Crippen LogP contribution in [0.15, 0.2) is 29.1 Å². The number of hydrogen-bond acceptors (Lipinski definition) is 9. The summed E-state index contributed by atoms with van der Waals surface area (Å²) in [6.45, 7) is 3.85. The van der Waals surface area contributed by atoms with Gasteiger partial charge in [-0.25, -0.2) is 13.2 Å². The highest BCUT2D eigenvalue weighted by Crippen LogP contribution is 2.47. The van der Waals surface area contributed by atoms with Crippen LogP contribution in [0.4, 0.5) is 4.79 Å². The first-order chi connectivity index (χ1) is 27.3. The van der Waals surface area contributed by atoms with E-state index in [1.807, 2.05) is 32.0 Å². The third kappa shape index (κ3) is 7.89. The highest BCUT2D eigenvalue weighted by Gasteiger charge is 2.62. The number of aromatic nitrogens is 1. The van der Waals surface area contributed by atoms with E-state index in [9.17, 15) is 32.4 Å². The molecule has 0 radical (unpaired) electrons. The molecule has 2 bridgehead atoms. The lowest BCUT2D eigenvalue weighted by Gasteiger charge is -2.35. The number of amides is 4. The molecule has 4 amide bonds. The number of para-hydroxylation sites is 1. The molecule has 3 heterocycles. The average Bonchev–Trinajstić information content (AvgIpc) is 3.99. The van der Waals surface area contributed by atoms with Crippen LogP contribution in [0.2, 0.25) is 0 Å². The molecule has 8 rings (SSSR count). The molecule has 5 unspecified atom stereocenters. The van der Waals surface area contributed by atoms with Gasteiger partial charge in [0.2, 0.25) is 21.8 Å². The minimum Gasteiger partial charge on any atom is -0.473 e. The Morgan fingerprint density at radius 2 is 1.70 bits per heavy atom. The van der Waals surface area contributed by atoms with E-state index in [1.54, 1.807) is 6.07 Å². The largest absolute Gasteiger partial charge is 0.473 e. The Bertz CT molecular complexity index is 2080. The van der Waals surface area contributed by atoms with E-state index in [0.29, 0.717) is 48.0 Å². The third-order valence-corrected chi connectivity index (χ3v) is 15.8. The fourth-order valence-electron chi connectivity index (χ4n) is 10.3. The normalized spacial score (nSPS) is 32.6. The van der Waals surface area contributed by atoms with E-state index in [2.05, 4.69) is 20.3 Å². The van der Waals surface area contributed by atoms with Crippen LogP contribution in [0.25, 0.3) is 10.9 Å². The van der Waals surface area contributed by atoms with Crippen molar-refractivity contribution >= 4 is 44.7 Å². The van der Waals surface area contributed by atoms with Crippen molar-refractivity contribution in [2.45, 2.75) is 158 Å². The number of ether oxygens (including phenoxy) is 2. The predicted molar refractivity (Wildman–Crippen MR) is 212 cm³/mol. The minimum atomic E-state index is -3.88. The molecule has 6 aliphatic rings. The van der Waals surface area contributed by atoms with Gasteiger partial charge in [0.15, 0.2) is 11.3 Å². The van der Waals surface area contributed by atoms with Crippen molar-refractivity contribution < 1.29 is 37.1 Å². The zero-order valence-electron chi connectivity index (χ0n) is 33.1. The molecule has 4 saturated carbocycles. The van der Waals surface area contributed by atoms with Crippen LogP contribution in [-0.2, 0) is 35.6 Å². The van der Waals surface area contributed by atoms with Gasteiger partial charge in [-0.15, -0.1) is 0 Å². The number of nitrogens with zero attached hydrogens (tertiary/aromatic N) is 1. The van der Waals surface area contributed by atoms with Crippen molar-refractivity contribution in [3.8, 4) is 5.88 Å². The fraction of sp³-hybridized carbons (Fsp3) is 0.690. The van der Waals surface area contributed by atoms with Crippen molar-refractivity contribution in [3.05, 3.63) is 40.1 Å². The Morgan fingerprint density at radius 3 is 2.44 bits per heavy atom. The van der Waals surface area contributed by atoms with Crippen molar-refractivity contribution in [2.75, 3.05) is 6.54 Å². The Kier molecular flexibility index (Phi) is 10.8. The van der Waals surface area contributed by atoms with E-state index in [0.717, 1.165) is 70.6 Å². The zero-order valence-corrected chi connectivity index (χ0v) is 33.9. The van der Waals surface area contributed by atoms with Gasteiger partial charge in [0.25, 0.3) is 5.91 Å². The maximum Gasteiger partial charge on any atom is 0.408 e. The fourth-order valence-corrected chi connectivity index (χ4v) is 11.7. The quantitative estimate of drug-likeness (QED) is 0.306. The van der Waals surface area contributed by atoms with E-state index < -0.39 is 68.4 Å². The molecule has 1 aromatic heterocycles. The molecule has 1 aromatic carbocycles. The lowest BCUT2D eigenvalue weighted by atomic mass is 9.87. The van der Waals surface area contributed by atoms with Gasteiger partial charge in [0.1, 0.15) is 29.3 Å². The maximum atomic E-state index is 14.9. The molecule has 310 valence electrons. The molecule has 2 aliphatic heterocycles. The van der Waals surface area contributed by atoms with Crippen LogP contribution in [-0.4, -0.2) is 83.2 Å². The number of H-pyrrole nitrogens is 1. The van der Waals surface area contributed by atoms with Crippen molar-refractivity contribution in [3.63, 3.8) is 0 Å². The first kappa shape index (κ1) is 39.7. The summed E-state index contributed by atoms with van der Waals surface area (Å²) in [6.07, 6.45) is 10.2. The van der Waals surface area contributed by atoms with E-state index in [4.69, 9.17) is 9.47 Å². The molecule has 2 aromatic rings. The van der Waals surface area contributed by atoms with Gasteiger partial charge in [0.05, 0.1) is 22.9 Å². The number of nitrogens with one attached hydrogen (secondary N) is 4. The summed E-state index contributed by atoms with van der Waals surface area (Å²) < 4.78 is 40.7. The van der Waals surface area contributed by atoms with Gasteiger partial charge in [-0.3, -0.25) is 23.9 Å². The Labute approximate surface area is 334 Å². The number of carbonyl (C=O) groups is 4. The molecule has 15 heteroatoms. The van der Waals surface area contributed by atoms with Gasteiger partial charge < -0.3 is 30.0 Å². The maximum absolute atomic E-state index is 14.9. The third-order valence-electron chi connectivity index (χ3n) is 14.0. The smallest absolute Gasteiger partial charge is 0.408 e. The van der Waals surface area contributed by atoms with Gasteiger partial charge >= 0.3 is 6.09 Å². The van der Waals surface area contributed by atoms with Gasteiger partial charge in [-0.05, 0) is 107 Å². The van der Waals surface area contributed by atoms with Crippen LogP contribution in [0.1, 0.15) is 122 Å². The summed E-state index contributed by atoms with van der Waals surface area (Å²) in [5.41, 5.74) is -1.12. The van der Waals surface area contributed by atoms with Crippen LogP contribution in [0, 0.1) is 17.8 Å². The van der Waals surface area contributed by atoms with Gasteiger partial charge in [0, 0.05) is 11.8 Å². The lowest BCUT2D eigenvalue weighted by molar-refractivity contribution is -0.142. The topological polar surface area (TPSA) is 193 Å². The van der Waals surface area contributed by atoms with Crippen molar-refractivity contribution in [2.24, 2.45) is 17.8 Å². The SMILES string of the molecule is CC[C@@H]1C[C@]1(NC(=O)C1CC2CN1C(=O)C(C1CCCC1)NC(=O)OC1(C)CCCC1CCCCCc1c([nH]c3ccccc3c1=O)O2)C(=O)NS(=O)(=O)C1CC1. The summed E-state index contributed by atoms with van der Waals surface area (Å²) in [4.78, 5) is 75.8. The van der Waals surface area contributed by atoms with E-state index >= 15 is 0 Å². The average molecular weight is 808 g/mol. The summed E-state index contributed by atoms with van der Waals surface area (Å²) in [5.74, 6) is -1.79. The Hall–Kier alpha value is -4.14. The van der Waals surface area contributed by atoms with Crippen molar-refractivity contribution in [1.29, 1.82) is 0 Å². The minimum absolute atomic E-state index is 0.0165. The standard InChI is InChI=1S/C42H57N5O9S/c1-3-26-23-42(26,39(51)46-57(53,54)29-19-20-29)45-36(49)33-22-28-24-47(33)38(50)34(25-12-7-8-13-25)44-40(52)56-41(2)21-11-15-27(41)14-5-4-6-17-31-35(48)30-16-9-10-18-32(30)43-37(31)55-28/h9-10,16,18,25-29,33-34H,3-8,11-15,17,19-24H2,1-2H3,(H,43,48)(H,44,52)(H,45,49)(H,46,51)/t26-,27?,28?,33?,34?,41?,42-/m1/s1. The summed E-state index contributed by atoms with van der Waals surface area (Å²) in [6, 6.07) is 5.20. The van der Waals surface area contributed by atoms with Gasteiger partial charge in [-0.1, -0.05) is 51.2 Å². The number of fused-ring (bicyclic) bond motifs is 5. The Morgan fingerprint density at radius 1 is 0.965 bits per heavy atom. The molecule has 7 atom stereocenters. The summed E-state index contributed by atoms with van der Waals surface area (Å²) in [5, 5.41) is 5.82. The molecule has 1 saturated heterocycles. The molecule has 4 aliphatic carbocycles. The second kappa shape index (κ2) is 15.6. The number of alkyl carbamates (subject to hydrolysis) is 1. The molecule has 5 fully saturated rings. The highest BCUT2D eigenvalue weighted by molar-refractivity contribution is 7.91. The first-order valence-electron chi connectivity index (χ1n) is 21.3. The number of benzene rings is 1. The molecule has 14 nitrogen and oxygen atoms in total. The molecule has 0 spiro atoms. The van der Waals surface area contributed by atoms with Crippen LogP contribution in [0.5, 0.6) is 5.88 Å². The molecule has 57 heavy (non-hydrogen) atoms. The number of sulfonamides is 1. The monoisotopic (exact) mass is 807 g/mol. The summed E-state index contributed by atoms with van der Waals surface area (Å²) in [7, 11) is -3.88. The van der Waals surface area contributed by atoms with Crippen molar-refractivity contribution in [1.82, 2.24) is 25.2 Å². The van der Waals surface area contributed by atoms with Crippen LogP contribution >= 0.6 is 0 Å².